The van der Waals surface area contributed by atoms with Gasteiger partial charge in [-0.25, -0.2) is 0 Å². The monoisotopic (exact) mass is 338 g/mol. The van der Waals surface area contributed by atoms with E-state index in [4.69, 9.17) is 0 Å². The van der Waals surface area contributed by atoms with Gasteiger partial charge in [-0.2, -0.15) is 0 Å². The highest BCUT2D eigenvalue weighted by molar-refractivity contribution is 6.04. The number of Topliss-reactive ketones (excluding diaryl/α,β-unsaturated/α-hetero) is 1. The summed E-state index contributed by atoms with van der Waals surface area (Å²) in [5, 5.41) is 6.27. The molecule has 0 fully saturated rings. The lowest BCUT2D eigenvalue weighted by atomic mass is 9.95. The van der Waals surface area contributed by atoms with Crippen LogP contribution in [0, 0.1) is 5.92 Å². The number of ketones is 1. The Balaban J connectivity index is 2.10. The van der Waals surface area contributed by atoms with Gasteiger partial charge in [-0.1, -0.05) is 56.3 Å². The van der Waals surface area contributed by atoms with Gasteiger partial charge in [0.25, 0.3) is 0 Å². The molecule has 0 aliphatic heterocycles. The van der Waals surface area contributed by atoms with E-state index in [2.05, 4.69) is 36.6 Å². The number of carbonyl (C=O) groups is 2. The minimum Gasteiger partial charge on any atom is -0.324 e. The second-order valence-corrected chi connectivity index (χ2v) is 6.61. The van der Waals surface area contributed by atoms with E-state index in [1.54, 1.807) is 24.3 Å². The van der Waals surface area contributed by atoms with Crippen LogP contribution in [0.25, 0.3) is 0 Å². The van der Waals surface area contributed by atoms with E-state index >= 15 is 0 Å². The van der Waals surface area contributed by atoms with Crippen LogP contribution in [0.3, 0.4) is 0 Å². The van der Waals surface area contributed by atoms with Gasteiger partial charge in [0.15, 0.2) is 5.78 Å². The van der Waals surface area contributed by atoms with Crippen LogP contribution in [0.5, 0.6) is 0 Å². The molecule has 2 atom stereocenters. The smallest absolute Gasteiger partial charge is 0.241 e. The molecule has 1 amide bonds. The van der Waals surface area contributed by atoms with Crippen molar-refractivity contribution in [2.24, 2.45) is 5.92 Å². The van der Waals surface area contributed by atoms with Crippen LogP contribution in [0.4, 0.5) is 5.69 Å². The third kappa shape index (κ3) is 5.00. The van der Waals surface area contributed by atoms with Gasteiger partial charge < -0.3 is 5.32 Å². The molecule has 0 aliphatic carbocycles. The van der Waals surface area contributed by atoms with E-state index < -0.39 is 6.04 Å². The van der Waals surface area contributed by atoms with Crippen LogP contribution >= 0.6 is 0 Å². The van der Waals surface area contributed by atoms with Gasteiger partial charge in [-0.15, -0.1) is 0 Å². The van der Waals surface area contributed by atoms with Crippen molar-refractivity contribution in [1.29, 1.82) is 0 Å². The number of anilines is 1. The molecule has 132 valence electrons. The molecule has 0 saturated heterocycles. The average molecular weight is 338 g/mol. The molecule has 2 aromatic carbocycles. The summed E-state index contributed by atoms with van der Waals surface area (Å²) in [6.45, 7) is 7.58. The van der Waals surface area contributed by atoms with E-state index in [1.807, 2.05) is 25.1 Å². The van der Waals surface area contributed by atoms with Crippen molar-refractivity contribution in [1.82, 2.24) is 5.32 Å². The molecule has 25 heavy (non-hydrogen) atoms. The van der Waals surface area contributed by atoms with Crippen molar-refractivity contribution >= 4 is 17.4 Å². The van der Waals surface area contributed by atoms with Gasteiger partial charge >= 0.3 is 0 Å². The summed E-state index contributed by atoms with van der Waals surface area (Å²) >= 11 is 0. The molecule has 0 bridgehead atoms. The Morgan fingerprint density at radius 1 is 0.880 bits per heavy atom. The fraction of sp³-hybridized carbons (Fsp3) is 0.333. The van der Waals surface area contributed by atoms with Crippen LogP contribution in [0.15, 0.2) is 54.6 Å². The number of nitrogens with one attached hydrogen (secondary N) is 2. The largest absolute Gasteiger partial charge is 0.324 e. The zero-order valence-corrected chi connectivity index (χ0v) is 15.2. The maximum absolute atomic E-state index is 12.6. The normalized spacial score (nSPS) is 13.3. The van der Waals surface area contributed by atoms with Crippen molar-refractivity contribution in [3.8, 4) is 0 Å². The van der Waals surface area contributed by atoms with Crippen LogP contribution in [0.2, 0.25) is 0 Å². The first-order valence-corrected chi connectivity index (χ1v) is 8.62. The Hall–Kier alpha value is -2.46. The number of para-hydroxylation sites is 1. The first-order chi connectivity index (χ1) is 11.9. The molecule has 0 saturated carbocycles. The lowest BCUT2D eigenvalue weighted by molar-refractivity contribution is -0.118. The summed E-state index contributed by atoms with van der Waals surface area (Å²) in [5.41, 5.74) is 2.22. The van der Waals surface area contributed by atoms with Gasteiger partial charge in [0.05, 0.1) is 11.7 Å². The summed E-state index contributed by atoms with van der Waals surface area (Å²) < 4.78 is 0. The number of rotatable bonds is 7. The number of amides is 1. The molecule has 0 radical (unpaired) electrons. The number of hydrogen-bond acceptors (Lipinski definition) is 3. The van der Waals surface area contributed by atoms with Crippen molar-refractivity contribution in [2.45, 2.75) is 39.8 Å². The highest BCUT2D eigenvalue weighted by Crippen LogP contribution is 2.22. The van der Waals surface area contributed by atoms with Crippen LogP contribution in [0.1, 0.15) is 49.7 Å². The van der Waals surface area contributed by atoms with Crippen LogP contribution < -0.4 is 10.6 Å². The second-order valence-electron chi connectivity index (χ2n) is 6.61. The molecule has 4 nitrogen and oxygen atoms in total. The molecular formula is C21H26N2O2. The maximum Gasteiger partial charge on any atom is 0.241 e. The van der Waals surface area contributed by atoms with Crippen molar-refractivity contribution in [2.75, 3.05) is 5.32 Å². The molecule has 2 rings (SSSR count). The predicted octanol–water partition coefficient (Wildman–Crippen LogP) is 4.20. The van der Waals surface area contributed by atoms with E-state index in [9.17, 15) is 9.59 Å². The summed E-state index contributed by atoms with van der Waals surface area (Å²) in [4.78, 5) is 24.3. The molecule has 0 aliphatic rings. The Morgan fingerprint density at radius 3 is 2.08 bits per heavy atom. The van der Waals surface area contributed by atoms with E-state index in [1.165, 1.54) is 6.92 Å². The Labute approximate surface area is 149 Å². The highest BCUT2D eigenvalue weighted by Gasteiger charge is 2.22. The topological polar surface area (TPSA) is 58.2 Å². The number of carbonyl (C=O) groups excluding carboxylic acids is 2. The maximum atomic E-state index is 12.6. The lowest BCUT2D eigenvalue weighted by Crippen LogP contribution is -2.41. The van der Waals surface area contributed by atoms with Crippen LogP contribution in [-0.4, -0.2) is 17.7 Å². The van der Waals surface area contributed by atoms with Crippen molar-refractivity contribution < 1.29 is 9.59 Å². The van der Waals surface area contributed by atoms with E-state index in [-0.39, 0.29) is 17.7 Å². The fourth-order valence-electron chi connectivity index (χ4n) is 2.82. The molecule has 2 N–H and O–H groups in total. The summed E-state index contributed by atoms with van der Waals surface area (Å²) in [6.07, 6.45) is 0. The zero-order chi connectivity index (χ0) is 18.4. The van der Waals surface area contributed by atoms with Crippen molar-refractivity contribution in [3.63, 3.8) is 0 Å². The minimum absolute atomic E-state index is 0.0687. The third-order valence-corrected chi connectivity index (χ3v) is 4.21. The summed E-state index contributed by atoms with van der Waals surface area (Å²) in [7, 11) is 0. The van der Waals surface area contributed by atoms with Gasteiger partial charge in [0.1, 0.15) is 0 Å². The lowest BCUT2D eigenvalue weighted by Gasteiger charge is -2.26. The molecule has 0 heterocycles. The molecule has 0 spiro atoms. The Bertz CT molecular complexity index is 726. The molecule has 4 heteroatoms. The van der Waals surface area contributed by atoms with Gasteiger partial charge in [-0.3, -0.25) is 14.9 Å². The SMILES string of the molecule is CC(=O)c1ccccc1NC(=O)[C@@H](C)N[C@H](c1ccccc1)C(C)C. The minimum atomic E-state index is -0.396. The summed E-state index contributed by atoms with van der Waals surface area (Å²) in [6, 6.07) is 16.9. The molecule has 0 aromatic heterocycles. The summed E-state index contributed by atoms with van der Waals surface area (Å²) in [5.74, 6) is 0.110. The fourth-order valence-corrected chi connectivity index (χ4v) is 2.82. The zero-order valence-electron chi connectivity index (χ0n) is 15.2. The van der Waals surface area contributed by atoms with E-state index in [0.717, 1.165) is 5.56 Å². The van der Waals surface area contributed by atoms with Gasteiger partial charge in [0.2, 0.25) is 5.91 Å². The van der Waals surface area contributed by atoms with Crippen molar-refractivity contribution in [3.05, 3.63) is 65.7 Å². The number of benzene rings is 2. The Kier molecular flexibility index (Phi) is 6.48. The number of hydrogen-bond donors (Lipinski definition) is 2. The quantitative estimate of drug-likeness (QED) is 0.744. The molecule has 2 aromatic rings. The van der Waals surface area contributed by atoms with E-state index in [0.29, 0.717) is 17.2 Å². The first-order valence-electron chi connectivity index (χ1n) is 8.62. The highest BCUT2D eigenvalue weighted by atomic mass is 16.2. The molecular weight excluding hydrogens is 312 g/mol. The van der Waals surface area contributed by atoms with Gasteiger partial charge in [-0.05, 0) is 37.5 Å². The third-order valence-electron chi connectivity index (χ3n) is 4.21. The average Bonchev–Trinajstić information content (AvgIpc) is 2.60. The first kappa shape index (κ1) is 18.9. The predicted molar refractivity (Wildman–Crippen MR) is 102 cm³/mol. The second kappa shape index (κ2) is 8.58. The molecule has 0 unspecified atom stereocenters. The Morgan fingerprint density at radius 2 is 1.48 bits per heavy atom. The standard InChI is InChI=1S/C21H26N2O2/c1-14(2)20(17-10-6-5-7-11-17)22-15(3)21(25)23-19-13-9-8-12-18(19)16(4)24/h5-15,20,22H,1-4H3,(H,23,25)/t15-,20+/m1/s1. The van der Waals surface area contributed by atoms with Crippen LogP contribution in [-0.2, 0) is 4.79 Å². The van der Waals surface area contributed by atoms with Gasteiger partial charge in [0, 0.05) is 11.6 Å².